The molecule has 1 amide bonds. The van der Waals surface area contributed by atoms with Gasteiger partial charge in [0.2, 0.25) is 6.41 Å². The van der Waals surface area contributed by atoms with Crippen LogP contribution in [0.15, 0.2) is 12.3 Å². The van der Waals surface area contributed by atoms with E-state index in [1.165, 1.54) is 17.5 Å². The first-order valence-electron chi connectivity index (χ1n) is 6.72. The monoisotopic (exact) mass is 266 g/mol. The number of rotatable bonds is 1. The molecule has 0 radical (unpaired) electrons. The SMILES string of the molecule is CCC.CO.Cc1cc2c(cn1)C[C@H](C)N(C=O)C2. The van der Waals surface area contributed by atoms with Gasteiger partial charge in [0.25, 0.3) is 0 Å². The number of hydrogen-bond acceptors (Lipinski definition) is 3. The molecule has 0 aromatic carbocycles. The maximum Gasteiger partial charge on any atom is 0.210 e. The van der Waals surface area contributed by atoms with Crippen molar-refractivity contribution in [1.29, 1.82) is 0 Å². The Hall–Kier alpha value is -1.42. The maximum absolute atomic E-state index is 10.8. The summed E-state index contributed by atoms with van der Waals surface area (Å²) in [6.45, 7) is 9.02. The molecule has 1 aromatic heterocycles. The quantitative estimate of drug-likeness (QED) is 0.794. The van der Waals surface area contributed by atoms with Crippen molar-refractivity contribution < 1.29 is 9.90 Å². The lowest BCUT2D eigenvalue weighted by Gasteiger charge is -2.31. The summed E-state index contributed by atoms with van der Waals surface area (Å²) >= 11 is 0. The van der Waals surface area contributed by atoms with Gasteiger partial charge >= 0.3 is 0 Å². The highest BCUT2D eigenvalue weighted by molar-refractivity contribution is 5.50. The van der Waals surface area contributed by atoms with E-state index in [2.05, 4.69) is 31.8 Å². The Kier molecular flexibility index (Phi) is 8.79. The Morgan fingerprint density at radius 3 is 2.53 bits per heavy atom. The summed E-state index contributed by atoms with van der Waals surface area (Å²) in [4.78, 5) is 16.9. The van der Waals surface area contributed by atoms with Crippen LogP contribution in [0.5, 0.6) is 0 Å². The molecule has 1 aliphatic heterocycles. The minimum absolute atomic E-state index is 0.296. The van der Waals surface area contributed by atoms with Crippen molar-refractivity contribution in [3.8, 4) is 0 Å². The maximum atomic E-state index is 10.8. The number of carbonyl (C=O) groups is 1. The fourth-order valence-corrected chi connectivity index (χ4v) is 1.90. The Morgan fingerprint density at radius 2 is 2.00 bits per heavy atom. The Morgan fingerprint density at radius 1 is 1.42 bits per heavy atom. The van der Waals surface area contributed by atoms with Crippen molar-refractivity contribution in [3.05, 3.63) is 29.1 Å². The average molecular weight is 266 g/mol. The summed E-state index contributed by atoms with van der Waals surface area (Å²) in [5.74, 6) is 0. The van der Waals surface area contributed by atoms with Crippen LogP contribution in [-0.4, -0.2) is 34.6 Å². The van der Waals surface area contributed by atoms with Gasteiger partial charge < -0.3 is 10.0 Å². The van der Waals surface area contributed by atoms with Gasteiger partial charge in [-0.15, -0.1) is 0 Å². The molecular weight excluding hydrogens is 240 g/mol. The van der Waals surface area contributed by atoms with Gasteiger partial charge in [-0.1, -0.05) is 20.3 Å². The predicted molar refractivity (Wildman–Crippen MR) is 77.9 cm³/mol. The first-order chi connectivity index (χ1) is 9.12. The lowest BCUT2D eigenvalue weighted by molar-refractivity contribution is -0.120. The van der Waals surface area contributed by atoms with Crippen LogP contribution in [0.4, 0.5) is 0 Å². The van der Waals surface area contributed by atoms with Crippen molar-refractivity contribution in [3.63, 3.8) is 0 Å². The Bertz CT molecular complexity index is 380. The van der Waals surface area contributed by atoms with E-state index in [1.54, 1.807) is 0 Å². The smallest absolute Gasteiger partial charge is 0.210 e. The number of aryl methyl sites for hydroxylation is 1. The summed E-state index contributed by atoms with van der Waals surface area (Å²) in [6.07, 6.45) is 5.04. The van der Waals surface area contributed by atoms with Crippen LogP contribution in [0.25, 0.3) is 0 Å². The second kappa shape index (κ2) is 9.50. The van der Waals surface area contributed by atoms with E-state index < -0.39 is 0 Å². The topological polar surface area (TPSA) is 53.4 Å². The van der Waals surface area contributed by atoms with Crippen LogP contribution in [-0.2, 0) is 17.8 Å². The standard InChI is InChI=1S/C11H14N2O.C3H8.CH4O/c1-8-3-11-6-13(7-14)9(2)4-10(11)5-12-8;1-3-2;1-2/h3,5,7,9H,4,6H2,1-2H3;3H2,1-2H3;2H,1H3/t9-;;/m0../s1. The van der Waals surface area contributed by atoms with Gasteiger partial charge in [0.05, 0.1) is 0 Å². The summed E-state index contributed by atoms with van der Waals surface area (Å²) in [5, 5.41) is 7.00. The second-order valence-corrected chi connectivity index (χ2v) is 4.63. The van der Waals surface area contributed by atoms with E-state index >= 15 is 0 Å². The van der Waals surface area contributed by atoms with E-state index in [1.807, 2.05) is 18.0 Å². The van der Waals surface area contributed by atoms with Gasteiger partial charge in [-0.25, -0.2) is 0 Å². The highest BCUT2D eigenvalue weighted by Gasteiger charge is 2.21. The number of aliphatic hydroxyl groups excluding tert-OH is 1. The Balaban J connectivity index is 0.000000573. The summed E-state index contributed by atoms with van der Waals surface area (Å²) in [7, 11) is 1.00. The first kappa shape index (κ1) is 17.6. The van der Waals surface area contributed by atoms with Gasteiger partial charge in [-0.05, 0) is 37.5 Å². The van der Waals surface area contributed by atoms with E-state index in [9.17, 15) is 4.79 Å². The zero-order chi connectivity index (χ0) is 14.8. The molecule has 0 saturated carbocycles. The highest BCUT2D eigenvalue weighted by Crippen LogP contribution is 2.21. The molecule has 0 bridgehead atoms. The molecular formula is C15H26N2O2. The lowest BCUT2D eigenvalue weighted by Crippen LogP contribution is -2.37. The number of fused-ring (bicyclic) bond motifs is 1. The lowest BCUT2D eigenvalue weighted by atomic mass is 9.97. The van der Waals surface area contributed by atoms with Crippen molar-refractivity contribution in [1.82, 2.24) is 9.88 Å². The Labute approximate surface area is 116 Å². The normalized spacial score (nSPS) is 16.3. The van der Waals surface area contributed by atoms with E-state index in [4.69, 9.17) is 5.11 Å². The van der Waals surface area contributed by atoms with Crippen molar-refractivity contribution in [2.24, 2.45) is 0 Å². The number of aliphatic hydroxyl groups is 1. The molecule has 19 heavy (non-hydrogen) atoms. The fraction of sp³-hybridized carbons (Fsp3) is 0.600. The van der Waals surface area contributed by atoms with E-state index in [-0.39, 0.29) is 0 Å². The molecule has 0 spiro atoms. The molecule has 0 fully saturated rings. The summed E-state index contributed by atoms with van der Waals surface area (Å²) in [6, 6.07) is 2.36. The third kappa shape index (κ3) is 5.39. The van der Waals surface area contributed by atoms with Crippen LogP contribution < -0.4 is 0 Å². The number of aromatic nitrogens is 1. The number of amides is 1. The number of hydrogen-bond donors (Lipinski definition) is 1. The van der Waals surface area contributed by atoms with Gasteiger partial charge in [0.1, 0.15) is 0 Å². The molecule has 108 valence electrons. The molecule has 1 atom stereocenters. The third-order valence-corrected chi connectivity index (χ3v) is 2.79. The van der Waals surface area contributed by atoms with Crippen molar-refractivity contribution in [2.75, 3.05) is 7.11 Å². The number of nitrogens with zero attached hydrogens (tertiary/aromatic N) is 2. The number of pyridine rings is 1. The van der Waals surface area contributed by atoms with Gasteiger partial charge in [0, 0.05) is 31.6 Å². The molecule has 2 heterocycles. The van der Waals surface area contributed by atoms with Crippen LogP contribution in [0, 0.1) is 6.92 Å². The summed E-state index contributed by atoms with van der Waals surface area (Å²) in [5.41, 5.74) is 3.54. The van der Waals surface area contributed by atoms with Gasteiger partial charge in [-0.3, -0.25) is 9.78 Å². The van der Waals surface area contributed by atoms with Gasteiger partial charge in [-0.2, -0.15) is 0 Å². The largest absolute Gasteiger partial charge is 0.400 e. The van der Waals surface area contributed by atoms with E-state index in [0.29, 0.717) is 6.04 Å². The average Bonchev–Trinajstić information content (AvgIpc) is 2.41. The van der Waals surface area contributed by atoms with Crippen LogP contribution in [0.3, 0.4) is 0 Å². The fourth-order valence-electron chi connectivity index (χ4n) is 1.90. The molecule has 2 rings (SSSR count). The molecule has 1 N–H and O–H groups in total. The van der Waals surface area contributed by atoms with Crippen LogP contribution in [0.1, 0.15) is 44.0 Å². The predicted octanol–water partition coefficient (Wildman–Crippen LogP) is 2.32. The highest BCUT2D eigenvalue weighted by atomic mass is 16.2. The van der Waals surface area contributed by atoms with Gasteiger partial charge in [0.15, 0.2) is 0 Å². The zero-order valence-corrected chi connectivity index (χ0v) is 12.7. The second-order valence-electron chi connectivity index (χ2n) is 4.63. The molecule has 1 aliphatic rings. The minimum Gasteiger partial charge on any atom is -0.400 e. The van der Waals surface area contributed by atoms with Crippen LogP contribution >= 0.6 is 0 Å². The molecule has 4 nitrogen and oxygen atoms in total. The van der Waals surface area contributed by atoms with E-state index in [0.717, 1.165) is 32.2 Å². The minimum atomic E-state index is 0.296. The number of carbonyl (C=O) groups excluding carboxylic acids is 1. The van der Waals surface area contributed by atoms with Crippen molar-refractivity contribution in [2.45, 2.75) is 53.1 Å². The molecule has 0 unspecified atom stereocenters. The molecule has 0 saturated heterocycles. The zero-order valence-electron chi connectivity index (χ0n) is 12.7. The third-order valence-electron chi connectivity index (χ3n) is 2.79. The summed E-state index contributed by atoms with van der Waals surface area (Å²) < 4.78 is 0. The van der Waals surface area contributed by atoms with Crippen LogP contribution in [0.2, 0.25) is 0 Å². The molecule has 0 aliphatic carbocycles. The molecule has 4 heteroatoms. The first-order valence-corrected chi connectivity index (χ1v) is 6.72. The molecule has 1 aromatic rings. The van der Waals surface area contributed by atoms with Crippen molar-refractivity contribution >= 4 is 6.41 Å².